The fourth-order valence-electron chi connectivity index (χ4n) is 2.35. The Morgan fingerprint density at radius 1 is 1.29 bits per heavy atom. The molecule has 1 aliphatic heterocycles. The number of nitriles is 1. The normalized spacial score (nSPS) is 21.6. The van der Waals surface area contributed by atoms with E-state index >= 15 is 0 Å². The van der Waals surface area contributed by atoms with E-state index in [1.807, 2.05) is 30.3 Å². The highest BCUT2D eigenvalue weighted by atomic mass is 16.3. The Labute approximate surface area is 103 Å². The molecule has 1 saturated heterocycles. The van der Waals surface area contributed by atoms with Crippen molar-refractivity contribution in [2.75, 3.05) is 13.1 Å². The van der Waals surface area contributed by atoms with Crippen molar-refractivity contribution in [1.29, 1.82) is 5.26 Å². The van der Waals surface area contributed by atoms with Gasteiger partial charge in [0, 0.05) is 0 Å². The van der Waals surface area contributed by atoms with Gasteiger partial charge in [0.2, 0.25) is 0 Å². The van der Waals surface area contributed by atoms with Crippen LogP contribution in [0, 0.1) is 11.3 Å². The van der Waals surface area contributed by atoms with Gasteiger partial charge in [-0.25, -0.2) is 0 Å². The molecule has 1 heterocycles. The van der Waals surface area contributed by atoms with Crippen LogP contribution in [0.4, 0.5) is 0 Å². The zero-order valence-electron chi connectivity index (χ0n) is 9.71. The van der Waals surface area contributed by atoms with Gasteiger partial charge in [0.05, 0.1) is 11.7 Å². The molecular formula is C13H15BN2O. The monoisotopic (exact) mass is 226 g/mol. The fourth-order valence-corrected chi connectivity index (χ4v) is 2.35. The Kier molecular flexibility index (Phi) is 3.51. The van der Waals surface area contributed by atoms with Crippen molar-refractivity contribution < 1.29 is 5.11 Å². The second kappa shape index (κ2) is 4.91. The van der Waals surface area contributed by atoms with Crippen LogP contribution in [0.3, 0.4) is 0 Å². The van der Waals surface area contributed by atoms with Crippen LogP contribution in [0.1, 0.15) is 24.3 Å². The van der Waals surface area contributed by atoms with Crippen molar-refractivity contribution in [1.82, 2.24) is 4.81 Å². The second-order valence-corrected chi connectivity index (χ2v) is 4.61. The predicted molar refractivity (Wildman–Crippen MR) is 66.3 cm³/mol. The zero-order chi connectivity index (χ0) is 12.3. The van der Waals surface area contributed by atoms with Crippen molar-refractivity contribution in [3.63, 3.8) is 0 Å². The highest BCUT2D eigenvalue weighted by Gasteiger charge is 2.39. The molecule has 17 heavy (non-hydrogen) atoms. The Bertz CT molecular complexity index is 407. The third-order valence-electron chi connectivity index (χ3n) is 3.46. The second-order valence-electron chi connectivity index (χ2n) is 4.61. The molecule has 86 valence electrons. The lowest BCUT2D eigenvalue weighted by molar-refractivity contribution is -0.0154. The fraction of sp³-hybridized carbons (Fsp3) is 0.462. The van der Waals surface area contributed by atoms with E-state index in [9.17, 15) is 10.4 Å². The minimum Gasteiger partial charge on any atom is -0.388 e. The zero-order valence-corrected chi connectivity index (χ0v) is 9.71. The van der Waals surface area contributed by atoms with Crippen LogP contribution in [0.15, 0.2) is 30.3 Å². The third kappa shape index (κ3) is 2.51. The summed E-state index contributed by atoms with van der Waals surface area (Å²) in [7, 11) is 5.68. The van der Waals surface area contributed by atoms with Gasteiger partial charge in [-0.15, -0.1) is 0 Å². The molecule has 0 amide bonds. The smallest absolute Gasteiger partial charge is 0.182 e. The number of nitrogens with zero attached hydrogens (tertiary/aromatic N) is 2. The molecule has 3 nitrogen and oxygen atoms in total. The summed E-state index contributed by atoms with van der Waals surface area (Å²) in [6.45, 7) is 1.25. The molecule has 0 spiro atoms. The number of hydrogen-bond acceptors (Lipinski definition) is 3. The summed E-state index contributed by atoms with van der Waals surface area (Å²) in [4.78, 5) is 1.69. The maximum absolute atomic E-state index is 10.6. The van der Waals surface area contributed by atoms with E-state index in [-0.39, 0.29) is 0 Å². The summed E-state index contributed by atoms with van der Waals surface area (Å²) >= 11 is 0. The van der Waals surface area contributed by atoms with Gasteiger partial charge in [-0.2, -0.15) is 5.26 Å². The van der Waals surface area contributed by atoms with Crippen LogP contribution in [0.25, 0.3) is 0 Å². The Hall–Kier alpha value is -1.31. The Balaban J connectivity index is 2.22. The molecule has 1 aromatic rings. The molecule has 1 unspecified atom stereocenters. The number of aliphatic hydroxyl groups is 1. The summed E-state index contributed by atoms with van der Waals surface area (Å²) in [5.41, 5.74) is -0.0747. The van der Waals surface area contributed by atoms with Crippen molar-refractivity contribution >= 4 is 7.98 Å². The summed E-state index contributed by atoms with van der Waals surface area (Å²) in [5.74, 6) is -0.475. The minimum absolute atomic E-state index is 0.475. The summed E-state index contributed by atoms with van der Waals surface area (Å²) < 4.78 is 0. The van der Waals surface area contributed by atoms with Gasteiger partial charge in [0.15, 0.2) is 7.98 Å². The largest absolute Gasteiger partial charge is 0.388 e. The van der Waals surface area contributed by atoms with Crippen molar-refractivity contribution in [3.8, 4) is 6.07 Å². The number of hydrogen-bond donors (Lipinski definition) is 1. The van der Waals surface area contributed by atoms with Crippen LogP contribution in [-0.2, 0) is 0 Å². The van der Waals surface area contributed by atoms with E-state index in [0.29, 0.717) is 25.9 Å². The first-order valence-corrected chi connectivity index (χ1v) is 5.82. The molecule has 2 rings (SSSR count). The SMILES string of the molecule is [B]N1CCC(O)(C(C#N)c2ccccc2)CC1. The van der Waals surface area contributed by atoms with Gasteiger partial charge < -0.3 is 9.92 Å². The molecule has 1 aromatic carbocycles. The summed E-state index contributed by atoms with van der Waals surface area (Å²) in [5, 5.41) is 19.9. The molecule has 0 bridgehead atoms. The van der Waals surface area contributed by atoms with Gasteiger partial charge in [-0.1, -0.05) is 30.3 Å². The minimum atomic E-state index is -0.952. The van der Waals surface area contributed by atoms with E-state index in [4.69, 9.17) is 7.98 Å². The lowest BCUT2D eigenvalue weighted by Crippen LogP contribution is -2.46. The molecule has 2 radical (unpaired) electrons. The van der Waals surface area contributed by atoms with Gasteiger partial charge in [0.25, 0.3) is 0 Å². The number of piperidine rings is 1. The van der Waals surface area contributed by atoms with E-state index in [1.165, 1.54) is 0 Å². The van der Waals surface area contributed by atoms with Crippen molar-refractivity contribution in [2.45, 2.75) is 24.4 Å². The standard InChI is InChI=1S/C13H15BN2O/c14-16-8-6-13(17,7-9-16)12(10-15)11-4-2-1-3-5-11/h1-5,12,17H,6-9H2. The summed E-state index contributed by atoms with van der Waals surface area (Å²) in [6, 6.07) is 11.7. The lowest BCUT2D eigenvalue weighted by atomic mass is 9.76. The lowest BCUT2D eigenvalue weighted by Gasteiger charge is -2.39. The van der Waals surface area contributed by atoms with Crippen LogP contribution in [-0.4, -0.2) is 36.6 Å². The maximum Gasteiger partial charge on any atom is 0.182 e. The average Bonchev–Trinajstić information content (AvgIpc) is 2.35. The molecule has 0 aromatic heterocycles. The molecule has 4 heteroatoms. The Morgan fingerprint density at radius 3 is 2.41 bits per heavy atom. The molecule has 1 atom stereocenters. The first kappa shape index (κ1) is 12.2. The van der Waals surface area contributed by atoms with E-state index in [0.717, 1.165) is 5.56 Å². The maximum atomic E-state index is 10.6. The third-order valence-corrected chi connectivity index (χ3v) is 3.46. The highest BCUT2D eigenvalue weighted by molar-refractivity contribution is 6.04. The number of benzene rings is 1. The molecule has 0 saturated carbocycles. The number of rotatable bonds is 2. The topological polar surface area (TPSA) is 47.3 Å². The molecule has 1 fully saturated rings. The quantitative estimate of drug-likeness (QED) is 0.771. The molecule has 0 aliphatic carbocycles. The first-order chi connectivity index (χ1) is 8.15. The predicted octanol–water partition coefficient (Wildman–Crippen LogP) is 1.20. The molecule has 1 aliphatic rings. The van der Waals surface area contributed by atoms with E-state index in [2.05, 4.69) is 6.07 Å². The van der Waals surface area contributed by atoms with Crippen LogP contribution >= 0.6 is 0 Å². The van der Waals surface area contributed by atoms with Crippen molar-refractivity contribution in [2.24, 2.45) is 0 Å². The van der Waals surface area contributed by atoms with E-state index < -0.39 is 11.5 Å². The molecule has 1 N–H and O–H groups in total. The highest BCUT2D eigenvalue weighted by Crippen LogP contribution is 2.35. The van der Waals surface area contributed by atoms with Gasteiger partial charge >= 0.3 is 0 Å². The molecular weight excluding hydrogens is 211 g/mol. The first-order valence-electron chi connectivity index (χ1n) is 5.82. The van der Waals surface area contributed by atoms with Crippen LogP contribution in [0.2, 0.25) is 0 Å². The Morgan fingerprint density at radius 2 is 1.88 bits per heavy atom. The van der Waals surface area contributed by atoms with Gasteiger partial charge in [-0.05, 0) is 31.5 Å². The van der Waals surface area contributed by atoms with Crippen molar-refractivity contribution in [3.05, 3.63) is 35.9 Å². The average molecular weight is 226 g/mol. The summed E-state index contributed by atoms with van der Waals surface area (Å²) in [6.07, 6.45) is 1.08. The van der Waals surface area contributed by atoms with Gasteiger partial charge in [0.1, 0.15) is 5.92 Å². The van der Waals surface area contributed by atoms with Crippen LogP contribution in [0.5, 0.6) is 0 Å². The van der Waals surface area contributed by atoms with Crippen LogP contribution < -0.4 is 0 Å². The van der Waals surface area contributed by atoms with Gasteiger partial charge in [-0.3, -0.25) is 0 Å². The van der Waals surface area contributed by atoms with E-state index in [1.54, 1.807) is 4.81 Å².